The van der Waals surface area contributed by atoms with Crippen molar-refractivity contribution in [2.24, 2.45) is 0 Å². The average molecular weight is 394 g/mol. The quantitative estimate of drug-likeness (QED) is 0.323. The first kappa shape index (κ1) is 16.3. The number of hydrogen-bond donors (Lipinski definition) is 0. The van der Waals surface area contributed by atoms with Crippen molar-refractivity contribution in [2.75, 3.05) is 0 Å². The molecule has 0 bridgehead atoms. The summed E-state index contributed by atoms with van der Waals surface area (Å²) < 4.78 is 12.7. The summed E-state index contributed by atoms with van der Waals surface area (Å²) in [5.74, 6) is 1.27. The van der Waals surface area contributed by atoms with Gasteiger partial charge in [0, 0.05) is 15.6 Å². The molecule has 0 aliphatic rings. The Hall–Kier alpha value is -3.70. The second-order valence-electron chi connectivity index (χ2n) is 6.70. The van der Waals surface area contributed by atoms with Crippen molar-refractivity contribution in [3.8, 4) is 33.3 Å². The van der Waals surface area contributed by atoms with Gasteiger partial charge < -0.3 is 8.83 Å². The van der Waals surface area contributed by atoms with E-state index in [2.05, 4.69) is 41.4 Å². The Morgan fingerprint density at radius 3 is 2.45 bits per heavy atom. The van der Waals surface area contributed by atoms with Crippen LogP contribution in [0.25, 0.3) is 54.5 Å². The van der Waals surface area contributed by atoms with Crippen LogP contribution in [0.1, 0.15) is 0 Å². The summed E-state index contributed by atoms with van der Waals surface area (Å²) in [6.45, 7) is 0. The lowest BCUT2D eigenvalue weighted by Crippen LogP contribution is -1.85. The molecule has 3 aromatic carbocycles. The third-order valence-electron chi connectivity index (χ3n) is 4.95. The predicted octanol–water partition coefficient (Wildman–Crippen LogP) is 7.03. The van der Waals surface area contributed by atoms with Crippen LogP contribution in [-0.2, 0) is 0 Å². The monoisotopic (exact) mass is 394 g/mol. The summed E-state index contributed by atoms with van der Waals surface area (Å²) in [7, 11) is 0. The fourth-order valence-electron chi connectivity index (χ4n) is 3.64. The van der Waals surface area contributed by atoms with Gasteiger partial charge in [-0.2, -0.15) is 0 Å². The van der Waals surface area contributed by atoms with Crippen LogP contribution < -0.4 is 0 Å². The SMILES string of the molecule is c1ccc(-c2cccc3sc(-c4ncco4)cc23)c(-c2nc3ccccc3o2)c1. The van der Waals surface area contributed by atoms with Crippen LogP contribution in [0.2, 0.25) is 0 Å². The Labute approximate surface area is 170 Å². The number of para-hydroxylation sites is 2. The van der Waals surface area contributed by atoms with E-state index in [-0.39, 0.29) is 0 Å². The van der Waals surface area contributed by atoms with E-state index < -0.39 is 0 Å². The molecular weight excluding hydrogens is 380 g/mol. The van der Waals surface area contributed by atoms with Crippen molar-refractivity contribution >= 4 is 32.5 Å². The Bertz CT molecular complexity index is 1430. The van der Waals surface area contributed by atoms with Gasteiger partial charge in [-0.05, 0) is 41.5 Å². The molecule has 5 heteroatoms. The smallest absolute Gasteiger partial charge is 0.236 e. The van der Waals surface area contributed by atoms with Crippen molar-refractivity contribution in [3.63, 3.8) is 0 Å². The van der Waals surface area contributed by atoms with Gasteiger partial charge in [0.05, 0.1) is 11.1 Å². The molecule has 0 radical (unpaired) electrons. The highest BCUT2D eigenvalue weighted by atomic mass is 32.1. The molecule has 3 aromatic heterocycles. The summed E-state index contributed by atoms with van der Waals surface area (Å²) >= 11 is 1.67. The fraction of sp³-hybridized carbons (Fsp3) is 0. The molecule has 6 rings (SSSR count). The Morgan fingerprint density at radius 2 is 1.59 bits per heavy atom. The number of rotatable bonds is 3. The largest absolute Gasteiger partial charge is 0.444 e. The maximum absolute atomic E-state index is 6.06. The molecule has 0 aliphatic carbocycles. The van der Waals surface area contributed by atoms with Crippen LogP contribution in [0.15, 0.2) is 94.1 Å². The van der Waals surface area contributed by atoms with Crippen LogP contribution in [0, 0.1) is 0 Å². The van der Waals surface area contributed by atoms with Crippen LogP contribution in [0.4, 0.5) is 0 Å². The fourth-order valence-corrected chi connectivity index (χ4v) is 4.67. The molecular formula is C24H14N2O2S. The lowest BCUT2D eigenvalue weighted by molar-refractivity contribution is 0.576. The Kier molecular flexibility index (Phi) is 3.61. The van der Waals surface area contributed by atoms with Gasteiger partial charge in [0.15, 0.2) is 5.58 Å². The third kappa shape index (κ3) is 2.67. The first-order valence-electron chi connectivity index (χ1n) is 9.24. The molecule has 0 fully saturated rings. The maximum atomic E-state index is 6.06. The van der Waals surface area contributed by atoms with Crippen molar-refractivity contribution in [1.82, 2.24) is 9.97 Å². The van der Waals surface area contributed by atoms with Gasteiger partial charge in [-0.1, -0.05) is 42.5 Å². The number of benzene rings is 3. The minimum absolute atomic E-state index is 0.627. The van der Waals surface area contributed by atoms with E-state index in [0.717, 1.165) is 38.1 Å². The van der Waals surface area contributed by atoms with Crippen molar-refractivity contribution in [2.45, 2.75) is 0 Å². The molecule has 4 nitrogen and oxygen atoms in total. The van der Waals surface area contributed by atoms with E-state index in [4.69, 9.17) is 13.8 Å². The molecule has 0 N–H and O–H groups in total. The highest BCUT2D eigenvalue weighted by Crippen LogP contribution is 2.41. The number of fused-ring (bicyclic) bond motifs is 2. The van der Waals surface area contributed by atoms with Crippen LogP contribution in [-0.4, -0.2) is 9.97 Å². The van der Waals surface area contributed by atoms with Crippen LogP contribution in [0.3, 0.4) is 0 Å². The normalized spacial score (nSPS) is 11.4. The van der Waals surface area contributed by atoms with E-state index >= 15 is 0 Å². The van der Waals surface area contributed by atoms with Crippen molar-refractivity contribution in [3.05, 3.63) is 85.3 Å². The number of aromatic nitrogens is 2. The van der Waals surface area contributed by atoms with Crippen LogP contribution >= 0.6 is 11.3 Å². The number of nitrogens with zero attached hydrogens (tertiary/aromatic N) is 2. The van der Waals surface area contributed by atoms with E-state index in [9.17, 15) is 0 Å². The topological polar surface area (TPSA) is 52.1 Å². The van der Waals surface area contributed by atoms with E-state index in [1.807, 2.05) is 36.4 Å². The lowest BCUT2D eigenvalue weighted by Gasteiger charge is -2.08. The van der Waals surface area contributed by atoms with E-state index in [1.54, 1.807) is 23.8 Å². The molecule has 0 saturated carbocycles. The zero-order valence-electron chi connectivity index (χ0n) is 15.2. The summed E-state index contributed by atoms with van der Waals surface area (Å²) in [6, 6.07) is 24.5. The minimum atomic E-state index is 0.627. The summed E-state index contributed by atoms with van der Waals surface area (Å²) in [5, 5.41) is 1.16. The van der Waals surface area contributed by atoms with Gasteiger partial charge in [-0.3, -0.25) is 0 Å². The summed E-state index contributed by atoms with van der Waals surface area (Å²) in [6.07, 6.45) is 3.27. The molecule has 0 atom stereocenters. The van der Waals surface area contributed by atoms with Gasteiger partial charge in [0.2, 0.25) is 11.8 Å². The zero-order chi connectivity index (χ0) is 19.2. The van der Waals surface area contributed by atoms with Gasteiger partial charge in [0.25, 0.3) is 0 Å². The Balaban J connectivity index is 1.57. The highest BCUT2D eigenvalue weighted by molar-refractivity contribution is 7.22. The van der Waals surface area contributed by atoms with Gasteiger partial charge in [-0.15, -0.1) is 11.3 Å². The molecule has 138 valence electrons. The highest BCUT2D eigenvalue weighted by Gasteiger charge is 2.17. The van der Waals surface area contributed by atoms with Crippen molar-refractivity contribution in [1.29, 1.82) is 0 Å². The lowest BCUT2D eigenvalue weighted by atomic mass is 9.97. The molecule has 0 aliphatic heterocycles. The van der Waals surface area contributed by atoms with E-state index in [0.29, 0.717) is 11.8 Å². The number of oxazole rings is 2. The average Bonchev–Trinajstić information content (AvgIpc) is 3.52. The molecule has 29 heavy (non-hydrogen) atoms. The minimum Gasteiger partial charge on any atom is -0.444 e. The molecule has 6 aromatic rings. The summed E-state index contributed by atoms with van der Waals surface area (Å²) in [4.78, 5) is 10.0. The van der Waals surface area contributed by atoms with Gasteiger partial charge >= 0.3 is 0 Å². The number of thiophene rings is 1. The maximum Gasteiger partial charge on any atom is 0.236 e. The first-order chi connectivity index (χ1) is 14.4. The molecule has 3 heterocycles. The Morgan fingerprint density at radius 1 is 0.759 bits per heavy atom. The second kappa shape index (κ2) is 6.43. The molecule has 0 amide bonds. The molecule has 0 unspecified atom stereocenters. The standard InChI is InChI=1S/C24H14N2O2S/c1-2-7-17(23-26-19-9-3-4-10-20(19)28-23)15(6-1)16-8-5-11-21-18(16)14-22(29-21)24-25-12-13-27-24/h1-14H. The first-order valence-corrected chi connectivity index (χ1v) is 10.1. The van der Waals surface area contributed by atoms with Gasteiger partial charge in [0.1, 0.15) is 11.8 Å². The van der Waals surface area contributed by atoms with Crippen molar-refractivity contribution < 1.29 is 8.83 Å². The third-order valence-corrected chi connectivity index (χ3v) is 6.03. The zero-order valence-corrected chi connectivity index (χ0v) is 16.0. The predicted molar refractivity (Wildman–Crippen MR) is 116 cm³/mol. The summed E-state index contributed by atoms with van der Waals surface area (Å²) in [5.41, 5.74) is 4.84. The molecule has 0 spiro atoms. The van der Waals surface area contributed by atoms with Crippen LogP contribution in [0.5, 0.6) is 0 Å². The number of hydrogen-bond acceptors (Lipinski definition) is 5. The second-order valence-corrected chi connectivity index (χ2v) is 7.78. The van der Waals surface area contributed by atoms with Gasteiger partial charge in [-0.25, -0.2) is 9.97 Å². The van der Waals surface area contributed by atoms with E-state index in [1.165, 1.54) is 4.70 Å². The molecule has 0 saturated heterocycles.